The van der Waals surface area contributed by atoms with Crippen LogP contribution in [-0.4, -0.2) is 25.4 Å². The molecule has 1 N–H and O–H groups in total. The van der Waals surface area contributed by atoms with E-state index in [4.69, 9.17) is 21.1 Å². The molecule has 132 valence electrons. The van der Waals surface area contributed by atoms with E-state index in [2.05, 4.69) is 5.32 Å². The summed E-state index contributed by atoms with van der Waals surface area (Å²) in [7, 11) is 0. The molecular formula is C18H24ClNO4. The molecule has 1 aliphatic rings. The fraction of sp³-hybridized carbons (Fsp3) is 0.556. The smallest absolute Gasteiger partial charge is 0.410 e. The van der Waals surface area contributed by atoms with Crippen LogP contribution in [0.5, 0.6) is 0 Å². The molecule has 0 aromatic heterocycles. The highest BCUT2D eigenvalue weighted by atomic mass is 35.5. The third kappa shape index (κ3) is 6.04. The molecule has 0 spiro atoms. The number of halogens is 1. The third-order valence-corrected chi connectivity index (χ3v) is 4.57. The molecule has 1 aromatic rings. The van der Waals surface area contributed by atoms with Crippen LogP contribution in [0, 0.1) is 5.92 Å². The zero-order valence-corrected chi connectivity index (χ0v) is 14.7. The number of carbonyl (C=O) groups excluding carboxylic acids is 2. The van der Waals surface area contributed by atoms with Crippen molar-refractivity contribution in [3.63, 3.8) is 0 Å². The van der Waals surface area contributed by atoms with Crippen LogP contribution < -0.4 is 5.32 Å². The van der Waals surface area contributed by atoms with Crippen molar-refractivity contribution in [1.29, 1.82) is 0 Å². The Labute approximate surface area is 147 Å². The molecule has 0 aliphatic heterocycles. The van der Waals surface area contributed by atoms with E-state index in [1.807, 2.05) is 31.2 Å². The quantitative estimate of drug-likeness (QED) is 0.613. The second kappa shape index (κ2) is 9.52. The van der Waals surface area contributed by atoms with Gasteiger partial charge in [-0.1, -0.05) is 49.9 Å². The van der Waals surface area contributed by atoms with E-state index >= 15 is 0 Å². The largest absolute Gasteiger partial charge is 0.428 e. The van der Waals surface area contributed by atoms with Crippen molar-refractivity contribution in [2.24, 2.45) is 5.92 Å². The van der Waals surface area contributed by atoms with Crippen LogP contribution in [0.25, 0.3) is 0 Å². The lowest BCUT2D eigenvalue weighted by molar-refractivity contribution is -0.157. The Morgan fingerprint density at radius 2 is 1.83 bits per heavy atom. The van der Waals surface area contributed by atoms with E-state index in [9.17, 15) is 9.59 Å². The molecule has 0 unspecified atom stereocenters. The van der Waals surface area contributed by atoms with Crippen LogP contribution in [0.3, 0.4) is 0 Å². The van der Waals surface area contributed by atoms with E-state index in [0.29, 0.717) is 11.6 Å². The van der Waals surface area contributed by atoms with Gasteiger partial charge in [0.2, 0.25) is 6.79 Å². The van der Waals surface area contributed by atoms with Crippen LogP contribution in [0.1, 0.15) is 50.5 Å². The van der Waals surface area contributed by atoms with Gasteiger partial charge in [-0.2, -0.15) is 0 Å². The number of nitrogens with one attached hydrogen (secondary N) is 1. The summed E-state index contributed by atoms with van der Waals surface area (Å²) in [6.07, 6.45) is 4.43. The maximum absolute atomic E-state index is 11.8. The van der Waals surface area contributed by atoms with Crippen LogP contribution >= 0.6 is 11.6 Å². The Hall–Kier alpha value is -1.75. The van der Waals surface area contributed by atoms with Crippen molar-refractivity contribution < 1.29 is 19.1 Å². The van der Waals surface area contributed by atoms with E-state index < -0.39 is 6.09 Å². The first-order chi connectivity index (χ1) is 11.6. The van der Waals surface area contributed by atoms with Gasteiger partial charge in [0, 0.05) is 11.6 Å². The predicted octanol–water partition coefficient (Wildman–Crippen LogP) is 4.25. The molecule has 1 fully saturated rings. The summed E-state index contributed by atoms with van der Waals surface area (Å²) in [5.41, 5.74) is 1.07. The van der Waals surface area contributed by atoms with Crippen LogP contribution in [0.2, 0.25) is 5.02 Å². The van der Waals surface area contributed by atoms with Crippen molar-refractivity contribution in [1.82, 2.24) is 5.32 Å². The molecule has 0 bridgehead atoms. The molecule has 1 saturated carbocycles. The number of esters is 1. The van der Waals surface area contributed by atoms with Gasteiger partial charge in [-0.3, -0.25) is 4.79 Å². The van der Waals surface area contributed by atoms with Gasteiger partial charge in [0.05, 0.1) is 5.92 Å². The molecule has 1 atom stereocenters. The second-order valence-corrected chi connectivity index (χ2v) is 6.62. The first kappa shape index (κ1) is 18.6. The van der Waals surface area contributed by atoms with Gasteiger partial charge in [0.1, 0.15) is 0 Å². The highest BCUT2D eigenvalue weighted by Gasteiger charge is 2.22. The number of alkyl carbamates (subject to hydrolysis) is 1. The van der Waals surface area contributed by atoms with Gasteiger partial charge in [-0.05, 0) is 36.5 Å². The normalized spacial score (nSPS) is 16.2. The van der Waals surface area contributed by atoms with Gasteiger partial charge in [-0.15, -0.1) is 0 Å². The van der Waals surface area contributed by atoms with Crippen LogP contribution in [-0.2, 0) is 14.3 Å². The number of ether oxygens (including phenoxy) is 2. The summed E-state index contributed by atoms with van der Waals surface area (Å²) >= 11 is 5.85. The van der Waals surface area contributed by atoms with Gasteiger partial charge in [-0.25, -0.2) is 4.79 Å². The molecule has 24 heavy (non-hydrogen) atoms. The summed E-state index contributed by atoms with van der Waals surface area (Å²) in [6, 6.07) is 7.48. The molecule has 1 aliphatic carbocycles. The van der Waals surface area contributed by atoms with Crippen LogP contribution in [0.4, 0.5) is 4.79 Å². The number of hydrogen-bond donors (Lipinski definition) is 1. The monoisotopic (exact) mass is 353 g/mol. The Morgan fingerprint density at radius 3 is 2.50 bits per heavy atom. The molecular weight excluding hydrogens is 330 g/mol. The summed E-state index contributed by atoms with van der Waals surface area (Å²) < 4.78 is 9.91. The molecule has 6 heteroatoms. The van der Waals surface area contributed by atoms with Gasteiger partial charge in [0.15, 0.2) is 0 Å². The minimum Gasteiger partial charge on any atom is -0.428 e. The summed E-state index contributed by atoms with van der Waals surface area (Å²) in [5.74, 6) is -0.188. The Kier molecular flexibility index (Phi) is 7.37. The average molecular weight is 354 g/mol. The van der Waals surface area contributed by atoms with E-state index in [-0.39, 0.29) is 24.6 Å². The molecule has 5 nitrogen and oxygen atoms in total. The number of benzene rings is 1. The number of carbonyl (C=O) groups is 2. The van der Waals surface area contributed by atoms with E-state index in [1.165, 1.54) is 6.42 Å². The minimum atomic E-state index is -0.591. The Morgan fingerprint density at radius 1 is 1.17 bits per heavy atom. The van der Waals surface area contributed by atoms with Crippen molar-refractivity contribution in [3.8, 4) is 0 Å². The van der Waals surface area contributed by atoms with Gasteiger partial charge < -0.3 is 14.8 Å². The molecule has 1 amide bonds. The van der Waals surface area contributed by atoms with Crippen molar-refractivity contribution in [2.75, 3.05) is 13.3 Å². The van der Waals surface area contributed by atoms with Crippen molar-refractivity contribution >= 4 is 23.7 Å². The highest BCUT2D eigenvalue weighted by Crippen LogP contribution is 2.24. The Bertz CT molecular complexity index is 540. The summed E-state index contributed by atoms with van der Waals surface area (Å²) in [4.78, 5) is 23.5. The number of hydrogen-bond acceptors (Lipinski definition) is 4. The maximum Gasteiger partial charge on any atom is 0.410 e. The fourth-order valence-corrected chi connectivity index (χ4v) is 2.92. The fourth-order valence-electron chi connectivity index (χ4n) is 2.79. The standard InChI is InChI=1S/C18H24ClNO4/c1-13(14-7-9-16(19)10-8-14)11-20-18(22)24-12-23-17(21)15-5-3-2-4-6-15/h7-10,13,15H,2-6,11-12H2,1H3,(H,20,22)/t13-/m1/s1. The molecule has 0 saturated heterocycles. The second-order valence-electron chi connectivity index (χ2n) is 6.18. The zero-order chi connectivity index (χ0) is 17.4. The topological polar surface area (TPSA) is 64.6 Å². The molecule has 0 heterocycles. The Balaban J connectivity index is 1.62. The summed E-state index contributed by atoms with van der Waals surface area (Å²) in [6.45, 7) is 2.08. The van der Waals surface area contributed by atoms with Crippen molar-refractivity contribution in [2.45, 2.75) is 44.9 Å². The minimum absolute atomic E-state index is 0.0460. The average Bonchev–Trinajstić information content (AvgIpc) is 2.61. The third-order valence-electron chi connectivity index (χ3n) is 4.32. The highest BCUT2D eigenvalue weighted by molar-refractivity contribution is 6.30. The predicted molar refractivity (Wildman–Crippen MR) is 91.9 cm³/mol. The zero-order valence-electron chi connectivity index (χ0n) is 13.9. The van der Waals surface area contributed by atoms with Crippen LogP contribution in [0.15, 0.2) is 24.3 Å². The SMILES string of the molecule is C[C@H](CNC(=O)OCOC(=O)C1CCCCC1)c1ccc(Cl)cc1. The lowest BCUT2D eigenvalue weighted by atomic mass is 9.89. The lowest BCUT2D eigenvalue weighted by Crippen LogP contribution is -2.30. The van der Waals surface area contributed by atoms with E-state index in [1.54, 1.807) is 0 Å². The van der Waals surface area contributed by atoms with Crippen molar-refractivity contribution in [3.05, 3.63) is 34.9 Å². The molecule has 2 rings (SSSR count). The maximum atomic E-state index is 11.8. The number of amides is 1. The summed E-state index contributed by atoms with van der Waals surface area (Å²) in [5, 5.41) is 3.34. The lowest BCUT2D eigenvalue weighted by Gasteiger charge is -2.19. The molecule has 0 radical (unpaired) electrons. The number of rotatable bonds is 6. The first-order valence-electron chi connectivity index (χ1n) is 8.39. The van der Waals surface area contributed by atoms with E-state index in [0.717, 1.165) is 31.2 Å². The first-order valence-corrected chi connectivity index (χ1v) is 8.77. The van der Waals surface area contributed by atoms with Gasteiger partial charge in [0.25, 0.3) is 0 Å². The van der Waals surface area contributed by atoms with Gasteiger partial charge >= 0.3 is 12.1 Å². The molecule has 1 aromatic carbocycles.